The summed E-state index contributed by atoms with van der Waals surface area (Å²) in [7, 11) is 0. The Balaban J connectivity index is 2.09. The Morgan fingerprint density at radius 2 is 2.27 bits per heavy atom. The number of piperazine rings is 1. The predicted octanol–water partition coefficient (Wildman–Crippen LogP) is -0.372. The summed E-state index contributed by atoms with van der Waals surface area (Å²) in [6, 6.07) is 1.77. The Morgan fingerprint density at radius 1 is 1.53 bits per heavy atom. The third-order valence-corrected chi connectivity index (χ3v) is 2.30. The summed E-state index contributed by atoms with van der Waals surface area (Å²) >= 11 is 0. The standard InChI is InChI=1S/C9H11N5O/c10-5-8-6-12-14(7-8)9(15)13-3-1-11-2-4-13/h6-7,11H,1-4H2. The van der Waals surface area contributed by atoms with Crippen LogP contribution in [-0.4, -0.2) is 46.9 Å². The van der Waals surface area contributed by atoms with Crippen LogP contribution >= 0.6 is 0 Å². The summed E-state index contributed by atoms with van der Waals surface area (Å²) in [5.41, 5.74) is 0.401. The van der Waals surface area contributed by atoms with Gasteiger partial charge in [-0.3, -0.25) is 0 Å². The Hall–Kier alpha value is -1.87. The third kappa shape index (κ3) is 1.97. The quantitative estimate of drug-likeness (QED) is 0.627. The largest absolute Gasteiger partial charge is 0.344 e. The van der Waals surface area contributed by atoms with Gasteiger partial charge in [-0.1, -0.05) is 0 Å². The minimum atomic E-state index is -0.169. The lowest BCUT2D eigenvalue weighted by molar-refractivity contribution is 0.188. The number of nitrogens with one attached hydrogen (secondary N) is 1. The van der Waals surface area contributed by atoms with Crippen molar-refractivity contribution in [2.45, 2.75) is 0 Å². The molecule has 0 aromatic carbocycles. The number of rotatable bonds is 0. The molecule has 0 bridgehead atoms. The highest BCUT2D eigenvalue weighted by molar-refractivity contribution is 5.76. The summed E-state index contributed by atoms with van der Waals surface area (Å²) in [6.07, 6.45) is 2.84. The maximum atomic E-state index is 11.8. The van der Waals surface area contributed by atoms with Gasteiger partial charge in [-0.15, -0.1) is 0 Å². The normalized spacial score (nSPS) is 16.1. The number of aromatic nitrogens is 2. The molecular formula is C9H11N5O. The van der Waals surface area contributed by atoms with Crippen molar-refractivity contribution in [3.05, 3.63) is 18.0 Å². The van der Waals surface area contributed by atoms with Crippen LogP contribution in [-0.2, 0) is 0 Å². The summed E-state index contributed by atoms with van der Waals surface area (Å²) in [5, 5.41) is 15.6. The molecule has 0 spiro atoms. The average Bonchev–Trinajstić information content (AvgIpc) is 2.78. The molecular weight excluding hydrogens is 194 g/mol. The molecule has 0 atom stereocenters. The lowest BCUT2D eigenvalue weighted by atomic mass is 10.4. The first-order chi connectivity index (χ1) is 7.31. The van der Waals surface area contributed by atoms with E-state index >= 15 is 0 Å². The molecule has 15 heavy (non-hydrogen) atoms. The first-order valence-corrected chi connectivity index (χ1v) is 4.76. The van der Waals surface area contributed by atoms with E-state index in [4.69, 9.17) is 5.26 Å². The number of nitriles is 1. The SMILES string of the molecule is N#Cc1cnn(C(=O)N2CCNCC2)c1. The molecule has 1 aliphatic rings. The molecule has 1 fully saturated rings. The zero-order valence-electron chi connectivity index (χ0n) is 8.18. The van der Waals surface area contributed by atoms with Crippen LogP contribution in [0.2, 0.25) is 0 Å². The maximum Gasteiger partial charge on any atom is 0.344 e. The van der Waals surface area contributed by atoms with Crippen molar-refractivity contribution in [3.8, 4) is 6.07 Å². The van der Waals surface area contributed by atoms with Crippen LogP contribution in [0.4, 0.5) is 4.79 Å². The average molecular weight is 205 g/mol. The van der Waals surface area contributed by atoms with Crippen LogP contribution < -0.4 is 5.32 Å². The molecule has 0 radical (unpaired) electrons. The molecule has 0 unspecified atom stereocenters. The Kier molecular flexibility index (Phi) is 2.65. The predicted molar refractivity (Wildman–Crippen MR) is 52.2 cm³/mol. The van der Waals surface area contributed by atoms with Gasteiger partial charge in [-0.25, -0.2) is 4.79 Å². The number of carbonyl (C=O) groups is 1. The van der Waals surface area contributed by atoms with Gasteiger partial charge >= 0.3 is 6.03 Å². The zero-order chi connectivity index (χ0) is 10.7. The Bertz CT molecular complexity index is 399. The second kappa shape index (κ2) is 4.11. The number of hydrogen-bond acceptors (Lipinski definition) is 4. The lowest BCUT2D eigenvalue weighted by Crippen LogP contribution is -2.48. The van der Waals surface area contributed by atoms with E-state index in [0.717, 1.165) is 13.1 Å². The van der Waals surface area contributed by atoms with Crippen LogP contribution in [0.3, 0.4) is 0 Å². The highest BCUT2D eigenvalue weighted by Crippen LogP contribution is 2.00. The fraction of sp³-hybridized carbons (Fsp3) is 0.444. The summed E-state index contributed by atoms with van der Waals surface area (Å²) in [4.78, 5) is 13.5. The van der Waals surface area contributed by atoms with Gasteiger partial charge in [0.05, 0.1) is 18.0 Å². The topological polar surface area (TPSA) is 74.0 Å². The minimum absolute atomic E-state index is 0.169. The summed E-state index contributed by atoms with van der Waals surface area (Å²) < 4.78 is 1.21. The van der Waals surface area contributed by atoms with Crippen molar-refractivity contribution in [2.24, 2.45) is 0 Å². The maximum absolute atomic E-state index is 11.8. The molecule has 0 saturated carbocycles. The first-order valence-electron chi connectivity index (χ1n) is 4.76. The van der Waals surface area contributed by atoms with Crippen molar-refractivity contribution < 1.29 is 4.79 Å². The number of amides is 1. The van der Waals surface area contributed by atoms with Gasteiger partial charge in [-0.2, -0.15) is 15.0 Å². The molecule has 78 valence electrons. The molecule has 2 heterocycles. The van der Waals surface area contributed by atoms with Gasteiger partial charge in [-0.05, 0) is 0 Å². The molecule has 1 amide bonds. The van der Waals surface area contributed by atoms with Gasteiger partial charge in [0, 0.05) is 26.2 Å². The molecule has 6 nitrogen and oxygen atoms in total. The third-order valence-electron chi connectivity index (χ3n) is 2.30. The Morgan fingerprint density at radius 3 is 2.87 bits per heavy atom. The zero-order valence-corrected chi connectivity index (χ0v) is 8.18. The molecule has 6 heteroatoms. The fourth-order valence-electron chi connectivity index (χ4n) is 1.49. The molecule has 1 N–H and O–H groups in total. The van der Waals surface area contributed by atoms with E-state index in [1.54, 1.807) is 4.90 Å². The second-order valence-corrected chi connectivity index (χ2v) is 3.31. The molecule has 2 rings (SSSR count). The Labute approximate surface area is 87.1 Å². The number of hydrogen-bond donors (Lipinski definition) is 1. The lowest BCUT2D eigenvalue weighted by Gasteiger charge is -2.26. The van der Waals surface area contributed by atoms with E-state index in [-0.39, 0.29) is 6.03 Å². The summed E-state index contributed by atoms with van der Waals surface area (Å²) in [5.74, 6) is 0. The van der Waals surface area contributed by atoms with Crippen LogP contribution in [0.1, 0.15) is 5.56 Å². The van der Waals surface area contributed by atoms with E-state index in [1.165, 1.54) is 17.1 Å². The van der Waals surface area contributed by atoms with Crippen molar-refractivity contribution in [1.82, 2.24) is 20.0 Å². The van der Waals surface area contributed by atoms with Gasteiger partial charge in [0.1, 0.15) is 6.07 Å². The second-order valence-electron chi connectivity index (χ2n) is 3.31. The summed E-state index contributed by atoms with van der Waals surface area (Å²) in [6.45, 7) is 2.97. The van der Waals surface area contributed by atoms with Crippen molar-refractivity contribution in [1.29, 1.82) is 5.26 Å². The van der Waals surface area contributed by atoms with Crippen molar-refractivity contribution in [3.63, 3.8) is 0 Å². The highest BCUT2D eigenvalue weighted by Gasteiger charge is 2.18. The van der Waals surface area contributed by atoms with Crippen LogP contribution in [0.25, 0.3) is 0 Å². The smallest absolute Gasteiger partial charge is 0.320 e. The molecule has 1 aromatic heterocycles. The van der Waals surface area contributed by atoms with Gasteiger partial charge in [0.25, 0.3) is 0 Å². The van der Waals surface area contributed by atoms with E-state index in [1.807, 2.05) is 6.07 Å². The van der Waals surface area contributed by atoms with Crippen LogP contribution in [0.15, 0.2) is 12.4 Å². The monoisotopic (exact) mass is 205 g/mol. The van der Waals surface area contributed by atoms with E-state index < -0.39 is 0 Å². The van der Waals surface area contributed by atoms with Crippen LogP contribution in [0, 0.1) is 11.3 Å². The van der Waals surface area contributed by atoms with Crippen molar-refractivity contribution >= 4 is 6.03 Å². The first kappa shape index (κ1) is 9.68. The van der Waals surface area contributed by atoms with Gasteiger partial charge in [0.15, 0.2) is 0 Å². The van der Waals surface area contributed by atoms with E-state index in [2.05, 4.69) is 10.4 Å². The molecule has 0 aliphatic carbocycles. The number of nitrogens with zero attached hydrogens (tertiary/aromatic N) is 4. The number of carbonyl (C=O) groups excluding carboxylic acids is 1. The van der Waals surface area contributed by atoms with Crippen LogP contribution in [0.5, 0.6) is 0 Å². The van der Waals surface area contributed by atoms with E-state index in [9.17, 15) is 4.79 Å². The fourth-order valence-corrected chi connectivity index (χ4v) is 1.49. The molecule has 1 aliphatic heterocycles. The molecule has 1 saturated heterocycles. The minimum Gasteiger partial charge on any atom is -0.320 e. The van der Waals surface area contributed by atoms with Crippen molar-refractivity contribution in [2.75, 3.05) is 26.2 Å². The van der Waals surface area contributed by atoms with Gasteiger partial charge < -0.3 is 10.2 Å². The van der Waals surface area contributed by atoms with Gasteiger partial charge in [0.2, 0.25) is 0 Å². The highest BCUT2D eigenvalue weighted by atomic mass is 16.2. The van der Waals surface area contributed by atoms with E-state index in [0.29, 0.717) is 18.7 Å². The molecule has 1 aromatic rings.